The first-order valence-electron chi connectivity index (χ1n) is 6.88. The van der Waals surface area contributed by atoms with Crippen molar-refractivity contribution in [3.8, 4) is 0 Å². The normalized spacial score (nSPS) is 13.5. The summed E-state index contributed by atoms with van der Waals surface area (Å²) in [4.78, 5) is 0. The molecule has 1 atom stereocenters. The largest absolute Gasteiger partial charge is 0.396 e. The highest BCUT2D eigenvalue weighted by Crippen LogP contribution is 2.22. The average molecular weight is 265 g/mol. The number of ether oxygens (including phenoxy) is 1. The Labute approximate surface area is 117 Å². The molecule has 0 saturated heterocycles. The Morgan fingerprint density at radius 3 is 2.21 bits per heavy atom. The van der Waals surface area contributed by atoms with Gasteiger partial charge < -0.3 is 15.2 Å². The minimum absolute atomic E-state index is 0.152. The lowest BCUT2D eigenvalue weighted by atomic mass is 9.85. The third-order valence-electron chi connectivity index (χ3n) is 3.35. The first-order valence-corrected chi connectivity index (χ1v) is 6.88. The van der Waals surface area contributed by atoms with Crippen molar-refractivity contribution in [1.82, 2.24) is 5.32 Å². The molecule has 0 fully saturated rings. The molecule has 0 aliphatic heterocycles. The van der Waals surface area contributed by atoms with Crippen molar-refractivity contribution in [2.45, 2.75) is 46.4 Å². The van der Waals surface area contributed by atoms with E-state index in [9.17, 15) is 0 Å². The molecule has 0 amide bonds. The van der Waals surface area contributed by atoms with Gasteiger partial charge in [-0.3, -0.25) is 0 Å². The van der Waals surface area contributed by atoms with Crippen LogP contribution in [0, 0.1) is 5.41 Å². The maximum absolute atomic E-state index is 9.14. The van der Waals surface area contributed by atoms with Crippen molar-refractivity contribution in [3.63, 3.8) is 0 Å². The van der Waals surface area contributed by atoms with Crippen LogP contribution in [0.1, 0.15) is 38.3 Å². The van der Waals surface area contributed by atoms with Gasteiger partial charge in [-0.25, -0.2) is 0 Å². The average Bonchev–Trinajstić information content (AvgIpc) is 2.35. The quantitative estimate of drug-likeness (QED) is 0.796. The van der Waals surface area contributed by atoms with E-state index in [1.54, 1.807) is 7.11 Å². The molecule has 1 aromatic carbocycles. The van der Waals surface area contributed by atoms with Gasteiger partial charge in [0.15, 0.2) is 0 Å². The summed E-state index contributed by atoms with van der Waals surface area (Å²) in [6.07, 6.45) is 0.783. The van der Waals surface area contributed by atoms with Crippen molar-refractivity contribution in [1.29, 1.82) is 0 Å². The van der Waals surface area contributed by atoms with Gasteiger partial charge in [0.2, 0.25) is 0 Å². The zero-order chi connectivity index (χ0) is 14.3. The van der Waals surface area contributed by atoms with Gasteiger partial charge >= 0.3 is 0 Å². The van der Waals surface area contributed by atoms with Crippen LogP contribution in [-0.4, -0.2) is 24.9 Å². The summed E-state index contributed by atoms with van der Waals surface area (Å²) in [6.45, 7) is 8.30. The number of aliphatic hydroxyl groups is 1. The standard InChI is InChI=1S/C16H27NO2/c1-16(2,3)15(9-10-18)17-11-13-5-7-14(8-6-13)12-19-4/h5-8,15,17-18H,9-12H2,1-4H3. The van der Waals surface area contributed by atoms with Gasteiger partial charge in [0, 0.05) is 26.3 Å². The Balaban J connectivity index is 2.54. The summed E-state index contributed by atoms with van der Waals surface area (Å²) in [5, 5.41) is 12.7. The van der Waals surface area contributed by atoms with Crippen LogP contribution >= 0.6 is 0 Å². The molecule has 1 rings (SSSR count). The van der Waals surface area contributed by atoms with Crippen LogP contribution in [-0.2, 0) is 17.9 Å². The highest BCUT2D eigenvalue weighted by atomic mass is 16.5. The number of rotatable bonds is 7. The molecule has 3 heteroatoms. The van der Waals surface area contributed by atoms with Crippen molar-refractivity contribution in [3.05, 3.63) is 35.4 Å². The van der Waals surface area contributed by atoms with E-state index in [4.69, 9.17) is 9.84 Å². The number of benzene rings is 1. The molecule has 0 aliphatic carbocycles. The van der Waals surface area contributed by atoms with Crippen molar-refractivity contribution in [2.24, 2.45) is 5.41 Å². The fraction of sp³-hybridized carbons (Fsp3) is 0.625. The third kappa shape index (κ3) is 5.72. The van der Waals surface area contributed by atoms with Crippen LogP contribution in [0.5, 0.6) is 0 Å². The molecule has 0 saturated carbocycles. The second-order valence-electron chi connectivity index (χ2n) is 6.06. The van der Waals surface area contributed by atoms with E-state index >= 15 is 0 Å². The van der Waals surface area contributed by atoms with E-state index in [1.165, 1.54) is 11.1 Å². The predicted octanol–water partition coefficient (Wildman–Crippen LogP) is 2.72. The lowest BCUT2D eigenvalue weighted by Crippen LogP contribution is -2.40. The maximum Gasteiger partial charge on any atom is 0.0713 e. The maximum atomic E-state index is 9.14. The van der Waals surface area contributed by atoms with Gasteiger partial charge in [-0.15, -0.1) is 0 Å². The lowest BCUT2D eigenvalue weighted by molar-refractivity contribution is 0.185. The summed E-state index contributed by atoms with van der Waals surface area (Å²) in [5.41, 5.74) is 2.60. The van der Waals surface area contributed by atoms with Crippen LogP contribution in [0.4, 0.5) is 0 Å². The minimum Gasteiger partial charge on any atom is -0.396 e. The van der Waals surface area contributed by atoms with E-state index in [-0.39, 0.29) is 12.0 Å². The SMILES string of the molecule is COCc1ccc(CNC(CCO)C(C)(C)C)cc1. The lowest BCUT2D eigenvalue weighted by Gasteiger charge is -2.31. The van der Waals surface area contributed by atoms with Gasteiger partial charge in [-0.05, 0) is 23.0 Å². The first-order chi connectivity index (χ1) is 8.97. The molecule has 3 nitrogen and oxygen atoms in total. The van der Waals surface area contributed by atoms with E-state index < -0.39 is 0 Å². The van der Waals surface area contributed by atoms with Crippen LogP contribution < -0.4 is 5.32 Å². The topological polar surface area (TPSA) is 41.5 Å². The Hall–Kier alpha value is -0.900. The molecule has 19 heavy (non-hydrogen) atoms. The molecule has 0 spiro atoms. The predicted molar refractivity (Wildman–Crippen MR) is 78.9 cm³/mol. The Kier molecular flexibility index (Phi) is 6.49. The number of nitrogens with one attached hydrogen (secondary N) is 1. The fourth-order valence-electron chi connectivity index (χ4n) is 2.13. The Bertz CT molecular complexity index is 354. The summed E-state index contributed by atoms with van der Waals surface area (Å²) in [5.74, 6) is 0. The molecule has 0 aliphatic rings. The Morgan fingerprint density at radius 1 is 1.16 bits per heavy atom. The second kappa shape index (κ2) is 7.63. The van der Waals surface area contributed by atoms with Gasteiger partial charge in [0.25, 0.3) is 0 Å². The Morgan fingerprint density at radius 2 is 1.74 bits per heavy atom. The first kappa shape index (κ1) is 16.2. The molecular formula is C16H27NO2. The number of hydrogen-bond acceptors (Lipinski definition) is 3. The number of hydrogen-bond donors (Lipinski definition) is 2. The van der Waals surface area contributed by atoms with Gasteiger partial charge in [0.1, 0.15) is 0 Å². The van der Waals surface area contributed by atoms with Crippen molar-refractivity contribution >= 4 is 0 Å². The van der Waals surface area contributed by atoms with Crippen LogP contribution in [0.15, 0.2) is 24.3 Å². The van der Waals surface area contributed by atoms with E-state index in [0.717, 1.165) is 13.0 Å². The smallest absolute Gasteiger partial charge is 0.0713 e. The molecule has 0 radical (unpaired) electrons. The van der Waals surface area contributed by atoms with Crippen molar-refractivity contribution in [2.75, 3.05) is 13.7 Å². The van der Waals surface area contributed by atoms with E-state index in [0.29, 0.717) is 12.6 Å². The highest BCUT2D eigenvalue weighted by molar-refractivity contribution is 5.22. The van der Waals surface area contributed by atoms with Crippen molar-refractivity contribution < 1.29 is 9.84 Å². The second-order valence-corrected chi connectivity index (χ2v) is 6.06. The van der Waals surface area contributed by atoms with Gasteiger partial charge in [-0.1, -0.05) is 45.0 Å². The van der Waals surface area contributed by atoms with E-state index in [1.807, 2.05) is 0 Å². The number of aliphatic hydroxyl groups excluding tert-OH is 1. The van der Waals surface area contributed by atoms with Crippen LogP contribution in [0.25, 0.3) is 0 Å². The minimum atomic E-state index is 0.152. The summed E-state index contributed by atoms with van der Waals surface area (Å²) < 4.78 is 5.10. The zero-order valence-corrected chi connectivity index (χ0v) is 12.6. The highest BCUT2D eigenvalue weighted by Gasteiger charge is 2.23. The van der Waals surface area contributed by atoms with Crippen LogP contribution in [0.3, 0.4) is 0 Å². The number of methoxy groups -OCH3 is 1. The van der Waals surface area contributed by atoms with E-state index in [2.05, 4.69) is 50.4 Å². The fourth-order valence-corrected chi connectivity index (χ4v) is 2.13. The monoisotopic (exact) mass is 265 g/mol. The summed E-state index contributed by atoms with van der Waals surface area (Å²) >= 11 is 0. The molecule has 108 valence electrons. The summed E-state index contributed by atoms with van der Waals surface area (Å²) in [7, 11) is 1.71. The van der Waals surface area contributed by atoms with Crippen LogP contribution in [0.2, 0.25) is 0 Å². The molecule has 2 N–H and O–H groups in total. The third-order valence-corrected chi connectivity index (χ3v) is 3.35. The summed E-state index contributed by atoms with van der Waals surface area (Å²) in [6, 6.07) is 8.76. The molecule has 0 bridgehead atoms. The van der Waals surface area contributed by atoms with Gasteiger partial charge in [-0.2, -0.15) is 0 Å². The molecule has 1 aromatic rings. The molecule has 0 aromatic heterocycles. The van der Waals surface area contributed by atoms with Gasteiger partial charge in [0.05, 0.1) is 6.61 Å². The molecular weight excluding hydrogens is 238 g/mol. The molecule has 1 unspecified atom stereocenters. The molecule has 0 heterocycles. The zero-order valence-electron chi connectivity index (χ0n) is 12.6.